The lowest BCUT2D eigenvalue weighted by molar-refractivity contribution is -0.128. The van der Waals surface area contributed by atoms with Crippen molar-refractivity contribution in [3.05, 3.63) is 74.8 Å². The Balaban J connectivity index is 1.37. The molecule has 0 saturated heterocycles. The van der Waals surface area contributed by atoms with E-state index in [1.165, 1.54) is 5.01 Å². The molecule has 2 heterocycles. The van der Waals surface area contributed by atoms with Crippen LogP contribution in [0.1, 0.15) is 72.7 Å². The number of carbonyl (C=O) groups is 3. The average Bonchev–Trinajstić information content (AvgIpc) is 3.36. The maximum Gasteiger partial charge on any atom is 0.277 e. The van der Waals surface area contributed by atoms with Gasteiger partial charge in [-0.2, -0.15) is 10.2 Å². The van der Waals surface area contributed by atoms with Crippen LogP contribution in [0.3, 0.4) is 0 Å². The second-order valence-electron chi connectivity index (χ2n) is 11.7. The van der Waals surface area contributed by atoms with Crippen molar-refractivity contribution < 1.29 is 19.5 Å². The molecular formula is C33H39N5O4. The molecule has 1 saturated carbocycles. The molecule has 2 aliphatic carbocycles. The Labute approximate surface area is 246 Å². The third-order valence-corrected chi connectivity index (χ3v) is 8.63. The Morgan fingerprint density at radius 1 is 1.00 bits per heavy atom. The number of rotatable bonds is 8. The van der Waals surface area contributed by atoms with Gasteiger partial charge in [0, 0.05) is 37.5 Å². The summed E-state index contributed by atoms with van der Waals surface area (Å²) in [5.41, 5.74) is 5.83. The van der Waals surface area contributed by atoms with E-state index in [1.807, 2.05) is 63.7 Å². The number of nitrogens with zero attached hydrogens (tertiary/aromatic N) is 5. The average molecular weight is 570 g/mol. The molecule has 220 valence electrons. The lowest BCUT2D eigenvalue weighted by Crippen LogP contribution is -2.36. The first-order chi connectivity index (χ1) is 20.0. The number of aromatic nitrogens is 1. The number of hydrogen-bond donors (Lipinski definition) is 1. The highest BCUT2D eigenvalue weighted by Gasteiger charge is 2.45. The van der Waals surface area contributed by atoms with Gasteiger partial charge in [-0.3, -0.25) is 14.4 Å². The second kappa shape index (κ2) is 11.5. The number of ketones is 2. The monoisotopic (exact) mass is 569 g/mol. The van der Waals surface area contributed by atoms with E-state index in [0.29, 0.717) is 11.3 Å². The molecule has 1 aliphatic heterocycles. The first-order valence-corrected chi connectivity index (χ1v) is 14.6. The first-order valence-electron chi connectivity index (χ1n) is 14.6. The molecule has 9 heteroatoms. The number of amides is 1. The number of hydrogen-bond acceptors (Lipinski definition) is 7. The number of aliphatic hydroxyl groups is 1. The van der Waals surface area contributed by atoms with Gasteiger partial charge in [0.25, 0.3) is 5.91 Å². The number of Topliss-reactive ketones (excluding diaryl/α,β-unsaturated/α-hetero) is 2. The van der Waals surface area contributed by atoms with Gasteiger partial charge in [0.2, 0.25) is 5.78 Å². The van der Waals surface area contributed by atoms with E-state index in [-0.39, 0.29) is 59.0 Å². The van der Waals surface area contributed by atoms with Crippen molar-refractivity contribution in [1.29, 1.82) is 0 Å². The van der Waals surface area contributed by atoms with E-state index in [2.05, 4.69) is 10.2 Å². The minimum absolute atomic E-state index is 0.0320. The highest BCUT2D eigenvalue weighted by atomic mass is 16.3. The van der Waals surface area contributed by atoms with E-state index in [4.69, 9.17) is 0 Å². The maximum absolute atomic E-state index is 13.5. The Kier molecular flexibility index (Phi) is 8.03. The summed E-state index contributed by atoms with van der Waals surface area (Å²) in [6, 6.07) is 7.76. The van der Waals surface area contributed by atoms with Crippen molar-refractivity contribution in [2.45, 2.75) is 78.8 Å². The van der Waals surface area contributed by atoms with E-state index in [9.17, 15) is 19.5 Å². The standard InChI is InChI=1S/C33H39N5O4/c1-19-21(3)37(18-26(39)16-23-12-14-24(15-13-23)17-34-36(5)6)22(4)27(19)29-31(40)30(32(29)41)28-20(2)35-38(33(28)42)25-10-8-7-9-11-25/h12-15,17,25,40H,7-11,16,18H2,1-6H3/b30-28?,34-17+. The van der Waals surface area contributed by atoms with Gasteiger partial charge in [-0.25, -0.2) is 5.01 Å². The molecule has 5 rings (SSSR count). The summed E-state index contributed by atoms with van der Waals surface area (Å²) in [5.74, 6) is -0.803. The summed E-state index contributed by atoms with van der Waals surface area (Å²) < 4.78 is 1.90. The largest absolute Gasteiger partial charge is 0.506 e. The number of aliphatic hydroxyl groups excluding tert-OH is 1. The summed E-state index contributed by atoms with van der Waals surface area (Å²) in [7, 11) is 3.71. The van der Waals surface area contributed by atoms with Crippen molar-refractivity contribution in [1.82, 2.24) is 14.6 Å². The van der Waals surface area contributed by atoms with Gasteiger partial charge >= 0.3 is 0 Å². The predicted molar refractivity (Wildman–Crippen MR) is 163 cm³/mol. The number of carbonyl (C=O) groups excluding carboxylic acids is 3. The molecule has 1 N–H and O–H groups in total. The zero-order valence-electron chi connectivity index (χ0n) is 25.3. The van der Waals surface area contributed by atoms with Gasteiger partial charge in [-0.1, -0.05) is 43.5 Å². The molecule has 0 atom stereocenters. The summed E-state index contributed by atoms with van der Waals surface area (Å²) in [6.45, 7) is 7.54. The van der Waals surface area contributed by atoms with Crippen molar-refractivity contribution in [3.8, 4) is 0 Å². The number of hydrazone groups is 2. The SMILES string of the molecule is CC1=NN(C2CCCCC2)C(=O)C1=C1C(=O)C(c2c(C)c(C)n(CC(=O)Cc3ccc(/C=N/N(C)C)cc3)c2C)=C1O. The maximum atomic E-state index is 13.5. The molecule has 0 bridgehead atoms. The molecule has 1 aromatic carbocycles. The normalized spacial score (nSPS) is 19.7. The topological polar surface area (TPSA) is 108 Å². The molecule has 9 nitrogen and oxygen atoms in total. The van der Waals surface area contributed by atoms with E-state index >= 15 is 0 Å². The van der Waals surface area contributed by atoms with Crippen LogP contribution in [0.2, 0.25) is 0 Å². The van der Waals surface area contributed by atoms with Crippen LogP contribution >= 0.6 is 0 Å². The number of benzene rings is 1. The molecule has 0 spiro atoms. The van der Waals surface area contributed by atoms with Crippen molar-refractivity contribution in [2.24, 2.45) is 10.2 Å². The zero-order valence-corrected chi connectivity index (χ0v) is 25.3. The Morgan fingerprint density at radius 2 is 1.67 bits per heavy atom. The lowest BCUT2D eigenvalue weighted by Gasteiger charge is -2.28. The minimum atomic E-state index is -0.358. The summed E-state index contributed by atoms with van der Waals surface area (Å²) in [4.78, 5) is 40.0. The van der Waals surface area contributed by atoms with Gasteiger partial charge < -0.3 is 14.7 Å². The van der Waals surface area contributed by atoms with Crippen LogP contribution < -0.4 is 0 Å². The van der Waals surface area contributed by atoms with Crippen LogP contribution in [0.15, 0.2) is 51.4 Å². The highest BCUT2D eigenvalue weighted by molar-refractivity contribution is 6.44. The van der Waals surface area contributed by atoms with Crippen LogP contribution in [0.25, 0.3) is 5.57 Å². The van der Waals surface area contributed by atoms with Crippen LogP contribution in [0.5, 0.6) is 0 Å². The van der Waals surface area contributed by atoms with E-state index in [0.717, 1.165) is 60.2 Å². The molecule has 0 unspecified atom stereocenters. The van der Waals surface area contributed by atoms with Gasteiger partial charge in [0.15, 0.2) is 5.78 Å². The van der Waals surface area contributed by atoms with Gasteiger partial charge in [-0.05, 0) is 57.2 Å². The summed E-state index contributed by atoms with van der Waals surface area (Å²) in [5, 5.41) is 23.1. The van der Waals surface area contributed by atoms with Crippen molar-refractivity contribution in [3.63, 3.8) is 0 Å². The van der Waals surface area contributed by atoms with Crippen LogP contribution in [0, 0.1) is 20.8 Å². The van der Waals surface area contributed by atoms with Gasteiger partial charge in [-0.15, -0.1) is 0 Å². The molecule has 1 aromatic heterocycles. The van der Waals surface area contributed by atoms with Crippen LogP contribution in [-0.2, 0) is 27.3 Å². The predicted octanol–water partition coefficient (Wildman–Crippen LogP) is 4.82. The molecule has 2 aromatic rings. The lowest BCUT2D eigenvalue weighted by atomic mass is 9.78. The first kappa shape index (κ1) is 29.2. The molecule has 3 aliphatic rings. The van der Waals surface area contributed by atoms with Crippen LogP contribution in [0.4, 0.5) is 0 Å². The molecule has 0 radical (unpaired) electrons. The van der Waals surface area contributed by atoms with Crippen molar-refractivity contribution >= 4 is 35.0 Å². The quantitative estimate of drug-likeness (QED) is 0.279. The molecule has 1 amide bonds. The molecule has 42 heavy (non-hydrogen) atoms. The fraction of sp³-hybridized carbons (Fsp3) is 0.424. The van der Waals surface area contributed by atoms with E-state index in [1.54, 1.807) is 18.1 Å². The fourth-order valence-corrected chi connectivity index (χ4v) is 6.26. The molecule has 1 fully saturated rings. The highest BCUT2D eigenvalue weighted by Crippen LogP contribution is 2.43. The fourth-order valence-electron chi connectivity index (χ4n) is 6.26. The minimum Gasteiger partial charge on any atom is -0.506 e. The van der Waals surface area contributed by atoms with Gasteiger partial charge in [0.1, 0.15) is 5.76 Å². The number of allylic oxidation sites excluding steroid dienone is 2. The molecular weight excluding hydrogens is 530 g/mol. The Morgan fingerprint density at radius 3 is 2.29 bits per heavy atom. The zero-order chi connectivity index (χ0) is 30.3. The van der Waals surface area contributed by atoms with E-state index < -0.39 is 0 Å². The van der Waals surface area contributed by atoms with Crippen molar-refractivity contribution in [2.75, 3.05) is 14.1 Å². The Hall–Kier alpha value is -4.27. The summed E-state index contributed by atoms with van der Waals surface area (Å²) in [6.07, 6.45) is 7.10. The summed E-state index contributed by atoms with van der Waals surface area (Å²) >= 11 is 0. The second-order valence-corrected chi connectivity index (χ2v) is 11.7. The van der Waals surface area contributed by atoms with Gasteiger partial charge in [0.05, 0.1) is 41.2 Å². The van der Waals surface area contributed by atoms with Crippen LogP contribution in [-0.4, -0.2) is 69.2 Å². The third-order valence-electron chi connectivity index (χ3n) is 8.63. The third kappa shape index (κ3) is 5.24. The smallest absolute Gasteiger partial charge is 0.277 e. The Bertz CT molecular complexity index is 1580.